The maximum Gasteiger partial charge on any atom is 0.349 e. The molecule has 114 valence electrons. The van der Waals surface area contributed by atoms with E-state index in [1.54, 1.807) is 4.57 Å². The predicted octanol–water partition coefficient (Wildman–Crippen LogP) is 4.27. The minimum absolute atomic E-state index is 0.00222. The molecule has 0 aromatic carbocycles. The minimum atomic E-state index is -0.245. The molecule has 0 fully saturated rings. The summed E-state index contributed by atoms with van der Waals surface area (Å²) in [5.74, 6) is 0.345. The first-order chi connectivity index (χ1) is 9.73. The third-order valence-electron chi connectivity index (χ3n) is 3.52. The van der Waals surface area contributed by atoms with Crippen LogP contribution in [0.1, 0.15) is 70.8 Å². The predicted molar refractivity (Wildman–Crippen MR) is 87.4 cm³/mol. The van der Waals surface area contributed by atoms with Crippen molar-refractivity contribution in [3.8, 4) is 0 Å². The molecular weight excluding hydrogens is 286 g/mol. The number of halogens is 1. The van der Waals surface area contributed by atoms with Crippen molar-refractivity contribution < 1.29 is 0 Å². The van der Waals surface area contributed by atoms with E-state index in [0.717, 1.165) is 16.8 Å². The molecule has 2 heterocycles. The summed E-state index contributed by atoms with van der Waals surface area (Å²) < 4.78 is 1.64. The summed E-state index contributed by atoms with van der Waals surface area (Å²) in [5.41, 5.74) is 2.02. The molecule has 0 amide bonds. The summed E-state index contributed by atoms with van der Waals surface area (Å²) in [7, 11) is 0. The molecule has 0 saturated carbocycles. The lowest BCUT2D eigenvalue weighted by Gasteiger charge is -2.18. The van der Waals surface area contributed by atoms with Gasteiger partial charge in [-0.25, -0.2) is 9.78 Å². The molecule has 2 aromatic heterocycles. The van der Waals surface area contributed by atoms with Crippen LogP contribution in [0.5, 0.6) is 0 Å². The lowest BCUT2D eigenvalue weighted by molar-refractivity contribution is 0.574. The van der Waals surface area contributed by atoms with Gasteiger partial charge in [-0.3, -0.25) is 4.57 Å². The SMILES string of the molecule is CC(C)c1nc2c(cc1Cl)c(C(C)C)nc(=O)n2C(C)C. The van der Waals surface area contributed by atoms with Gasteiger partial charge in [0.05, 0.1) is 16.4 Å². The second-order valence-corrected chi connectivity index (χ2v) is 6.69. The molecule has 0 spiro atoms. The molecule has 0 unspecified atom stereocenters. The van der Waals surface area contributed by atoms with Crippen LogP contribution in [0.3, 0.4) is 0 Å². The normalized spacial score (nSPS) is 12.1. The van der Waals surface area contributed by atoms with Crippen LogP contribution in [0.4, 0.5) is 0 Å². The highest BCUT2D eigenvalue weighted by molar-refractivity contribution is 6.31. The standard InChI is InChI=1S/C16H22ClN3O/c1-8(2)13-11-7-12(17)14(9(3)4)18-15(11)20(10(5)6)16(21)19-13/h7-10H,1-6H3. The molecule has 0 atom stereocenters. The van der Waals surface area contributed by atoms with E-state index in [-0.39, 0.29) is 23.6 Å². The molecule has 0 aliphatic heterocycles. The Morgan fingerprint density at radius 3 is 2.05 bits per heavy atom. The van der Waals surface area contributed by atoms with E-state index in [1.165, 1.54) is 0 Å². The molecule has 0 aliphatic carbocycles. The number of pyridine rings is 1. The minimum Gasteiger partial charge on any atom is -0.273 e. The monoisotopic (exact) mass is 307 g/mol. The topological polar surface area (TPSA) is 47.8 Å². The zero-order valence-corrected chi connectivity index (χ0v) is 14.2. The third kappa shape index (κ3) is 2.82. The Morgan fingerprint density at radius 2 is 1.57 bits per heavy atom. The van der Waals surface area contributed by atoms with Crippen LogP contribution < -0.4 is 5.69 Å². The van der Waals surface area contributed by atoms with Crippen molar-refractivity contribution in [1.29, 1.82) is 0 Å². The molecular formula is C16H22ClN3O. The highest BCUT2D eigenvalue weighted by Crippen LogP contribution is 2.30. The fraction of sp³-hybridized carbons (Fsp3) is 0.562. The summed E-state index contributed by atoms with van der Waals surface area (Å²) >= 11 is 6.37. The summed E-state index contributed by atoms with van der Waals surface area (Å²) in [6.07, 6.45) is 0. The van der Waals surface area contributed by atoms with E-state index < -0.39 is 0 Å². The van der Waals surface area contributed by atoms with E-state index in [1.807, 2.05) is 47.6 Å². The largest absolute Gasteiger partial charge is 0.349 e. The first kappa shape index (κ1) is 16.0. The zero-order chi connectivity index (χ0) is 15.9. The van der Waals surface area contributed by atoms with Crippen LogP contribution in [0.25, 0.3) is 11.0 Å². The van der Waals surface area contributed by atoms with Gasteiger partial charge < -0.3 is 0 Å². The van der Waals surface area contributed by atoms with E-state index in [0.29, 0.717) is 10.7 Å². The van der Waals surface area contributed by atoms with Crippen molar-refractivity contribution >= 4 is 22.6 Å². The van der Waals surface area contributed by atoms with Crippen LogP contribution in [-0.2, 0) is 0 Å². The van der Waals surface area contributed by atoms with E-state index in [2.05, 4.69) is 4.98 Å². The fourth-order valence-corrected chi connectivity index (χ4v) is 2.85. The number of hydrogen-bond acceptors (Lipinski definition) is 3. The molecule has 0 aliphatic rings. The number of hydrogen-bond donors (Lipinski definition) is 0. The smallest absolute Gasteiger partial charge is 0.273 e. The van der Waals surface area contributed by atoms with Gasteiger partial charge in [-0.2, -0.15) is 4.98 Å². The lowest BCUT2D eigenvalue weighted by atomic mass is 10.0. The maximum absolute atomic E-state index is 12.3. The van der Waals surface area contributed by atoms with E-state index in [4.69, 9.17) is 16.6 Å². The molecule has 0 radical (unpaired) electrons. The number of nitrogens with zero attached hydrogens (tertiary/aromatic N) is 3. The van der Waals surface area contributed by atoms with Crippen molar-refractivity contribution in [2.24, 2.45) is 0 Å². The van der Waals surface area contributed by atoms with Gasteiger partial charge in [-0.15, -0.1) is 0 Å². The average molecular weight is 308 g/mol. The Morgan fingerprint density at radius 1 is 1.00 bits per heavy atom. The zero-order valence-electron chi connectivity index (χ0n) is 13.4. The highest BCUT2D eigenvalue weighted by atomic mass is 35.5. The first-order valence-corrected chi connectivity index (χ1v) is 7.74. The van der Waals surface area contributed by atoms with Crippen LogP contribution in [0, 0.1) is 0 Å². The first-order valence-electron chi connectivity index (χ1n) is 7.36. The summed E-state index contributed by atoms with van der Waals surface area (Å²) in [5, 5.41) is 1.50. The molecule has 4 nitrogen and oxygen atoms in total. The third-order valence-corrected chi connectivity index (χ3v) is 3.82. The molecule has 21 heavy (non-hydrogen) atoms. The number of aromatic nitrogens is 3. The van der Waals surface area contributed by atoms with Crippen molar-refractivity contribution in [3.63, 3.8) is 0 Å². The van der Waals surface area contributed by atoms with Gasteiger partial charge in [-0.05, 0) is 31.7 Å². The van der Waals surface area contributed by atoms with E-state index >= 15 is 0 Å². The Kier molecular flexibility index (Phi) is 4.38. The Hall–Kier alpha value is -1.42. The highest BCUT2D eigenvalue weighted by Gasteiger charge is 2.19. The summed E-state index contributed by atoms with van der Waals surface area (Å²) in [6, 6.07) is 1.90. The maximum atomic E-state index is 12.3. The van der Waals surface area contributed by atoms with Crippen molar-refractivity contribution in [3.05, 3.63) is 33.0 Å². The second kappa shape index (κ2) is 5.76. The quantitative estimate of drug-likeness (QED) is 0.850. The van der Waals surface area contributed by atoms with Gasteiger partial charge in [0.2, 0.25) is 0 Å². The molecule has 0 N–H and O–H groups in total. The van der Waals surface area contributed by atoms with Crippen molar-refractivity contribution in [2.45, 2.75) is 59.4 Å². The van der Waals surface area contributed by atoms with E-state index in [9.17, 15) is 4.79 Å². The van der Waals surface area contributed by atoms with Crippen LogP contribution in [0.15, 0.2) is 10.9 Å². The summed E-state index contributed by atoms with van der Waals surface area (Å²) in [6.45, 7) is 12.0. The average Bonchev–Trinajstić information content (AvgIpc) is 2.36. The molecule has 0 bridgehead atoms. The van der Waals surface area contributed by atoms with Crippen molar-refractivity contribution in [1.82, 2.24) is 14.5 Å². The Balaban J connectivity index is 2.98. The molecule has 2 aromatic rings. The molecule has 2 rings (SSSR count). The number of rotatable bonds is 3. The molecule has 0 saturated heterocycles. The Bertz CT molecular complexity index is 732. The van der Waals surface area contributed by atoms with Crippen LogP contribution >= 0.6 is 11.6 Å². The van der Waals surface area contributed by atoms with Gasteiger partial charge >= 0.3 is 5.69 Å². The summed E-state index contributed by atoms with van der Waals surface area (Å²) in [4.78, 5) is 21.3. The molecule has 5 heteroatoms. The van der Waals surface area contributed by atoms with Crippen LogP contribution in [0.2, 0.25) is 5.02 Å². The number of fused-ring (bicyclic) bond motifs is 1. The fourth-order valence-electron chi connectivity index (χ4n) is 2.48. The van der Waals surface area contributed by atoms with Crippen LogP contribution in [-0.4, -0.2) is 14.5 Å². The van der Waals surface area contributed by atoms with Gasteiger partial charge in [0.1, 0.15) is 5.65 Å². The van der Waals surface area contributed by atoms with Gasteiger partial charge in [0.25, 0.3) is 0 Å². The van der Waals surface area contributed by atoms with Gasteiger partial charge in [0, 0.05) is 11.4 Å². The van der Waals surface area contributed by atoms with Gasteiger partial charge in [-0.1, -0.05) is 39.3 Å². The van der Waals surface area contributed by atoms with Crippen molar-refractivity contribution in [2.75, 3.05) is 0 Å². The second-order valence-electron chi connectivity index (χ2n) is 6.28. The van der Waals surface area contributed by atoms with Gasteiger partial charge in [0.15, 0.2) is 0 Å². The Labute approximate surface area is 130 Å². The lowest BCUT2D eigenvalue weighted by Crippen LogP contribution is -2.27.